The quantitative estimate of drug-likeness (QED) is 0.547. The molecule has 176 valence electrons. The first-order chi connectivity index (χ1) is 16.0. The van der Waals surface area contributed by atoms with Crippen molar-refractivity contribution >= 4 is 5.91 Å². The third-order valence-electron chi connectivity index (χ3n) is 6.36. The predicted molar refractivity (Wildman–Crippen MR) is 124 cm³/mol. The number of allylic oxidation sites excluding steroid dienone is 1. The van der Waals surface area contributed by atoms with Crippen molar-refractivity contribution in [1.82, 2.24) is 10.2 Å². The van der Waals surface area contributed by atoms with Crippen LogP contribution in [-0.4, -0.2) is 42.7 Å². The van der Waals surface area contributed by atoms with Crippen LogP contribution < -0.4 is 14.8 Å². The summed E-state index contributed by atoms with van der Waals surface area (Å²) < 4.78 is 25.8. The van der Waals surface area contributed by atoms with Crippen LogP contribution in [0.5, 0.6) is 17.2 Å². The number of ether oxygens (including phenoxy) is 2. The number of amides is 1. The van der Waals surface area contributed by atoms with Gasteiger partial charge in [0.1, 0.15) is 18.1 Å². The van der Waals surface area contributed by atoms with Crippen LogP contribution in [0.1, 0.15) is 41.6 Å². The van der Waals surface area contributed by atoms with Crippen LogP contribution in [-0.2, 0) is 6.54 Å². The van der Waals surface area contributed by atoms with Gasteiger partial charge in [-0.3, -0.25) is 4.79 Å². The molecule has 1 fully saturated rings. The Labute approximate surface area is 194 Å². The first kappa shape index (κ1) is 23.1. The smallest absolute Gasteiger partial charge is 0.261 e. The first-order valence-corrected chi connectivity index (χ1v) is 11.5. The monoisotopic (exact) mass is 454 g/mol. The number of benzene rings is 2. The molecule has 0 bridgehead atoms. The van der Waals surface area contributed by atoms with Crippen molar-refractivity contribution in [3.05, 3.63) is 65.6 Å². The summed E-state index contributed by atoms with van der Waals surface area (Å²) in [6.45, 7) is 2.42. The van der Waals surface area contributed by atoms with E-state index < -0.39 is 17.5 Å². The molecule has 1 heterocycles. The minimum absolute atomic E-state index is 0.0167. The van der Waals surface area contributed by atoms with Crippen molar-refractivity contribution in [3.63, 3.8) is 0 Å². The Morgan fingerprint density at radius 1 is 1.15 bits per heavy atom. The highest BCUT2D eigenvalue weighted by Gasteiger charge is 2.31. The summed E-state index contributed by atoms with van der Waals surface area (Å²) in [5.74, 6) is 0.812. The molecule has 0 saturated heterocycles. The molecule has 2 aliphatic rings. The zero-order valence-corrected chi connectivity index (χ0v) is 18.9. The summed E-state index contributed by atoms with van der Waals surface area (Å²) in [5, 5.41) is 12.6. The van der Waals surface area contributed by atoms with Crippen molar-refractivity contribution in [2.75, 3.05) is 26.8 Å². The van der Waals surface area contributed by atoms with Gasteiger partial charge in [0, 0.05) is 18.8 Å². The van der Waals surface area contributed by atoms with Gasteiger partial charge in [-0.2, -0.15) is 0 Å². The van der Waals surface area contributed by atoms with Crippen molar-refractivity contribution in [1.29, 1.82) is 0 Å². The second kappa shape index (κ2) is 10.7. The summed E-state index contributed by atoms with van der Waals surface area (Å²) in [6, 6.07) is 10.7. The average Bonchev–Trinajstić information content (AvgIpc) is 3.16. The van der Waals surface area contributed by atoms with Gasteiger partial charge in [0.05, 0.1) is 18.7 Å². The molecule has 0 radical (unpaired) electrons. The molecule has 2 aromatic rings. The summed E-state index contributed by atoms with van der Waals surface area (Å²) >= 11 is 0. The van der Waals surface area contributed by atoms with E-state index in [0.717, 1.165) is 43.7 Å². The van der Waals surface area contributed by atoms with Crippen molar-refractivity contribution in [2.24, 2.45) is 11.8 Å². The van der Waals surface area contributed by atoms with E-state index in [4.69, 9.17) is 9.47 Å². The fraction of sp³-hybridized carbons (Fsp3) is 0.423. The maximum Gasteiger partial charge on any atom is 0.261 e. The fourth-order valence-corrected chi connectivity index (χ4v) is 4.40. The maximum atomic E-state index is 14.1. The molecule has 7 heteroatoms. The Kier molecular flexibility index (Phi) is 7.50. The Bertz CT molecular complexity index is 1000. The van der Waals surface area contributed by atoms with Crippen molar-refractivity contribution in [2.45, 2.75) is 32.2 Å². The Morgan fingerprint density at radius 3 is 2.67 bits per heavy atom. The molecule has 1 aliphatic carbocycles. The number of nitrogens with one attached hydrogen (secondary N) is 1. The molecule has 1 aliphatic heterocycles. The molecule has 1 saturated carbocycles. The van der Waals surface area contributed by atoms with Gasteiger partial charge in [-0.05, 0) is 68.3 Å². The largest absolute Gasteiger partial charge is 0.505 e. The lowest BCUT2D eigenvalue weighted by atomic mass is 9.82. The standard InChI is InChI=1S/C26H31FN2O4/c1-28-12-14-32-21-3-2-4-22(15-21)33-17-19-7-5-18(6-8-19)11-13-29-16-20-9-10-23(30)25(27)24(20)26(29)31/h2-4,9-11,13,15,18-19,28,30H,5-8,12,14,16-17H2,1H3. The molecule has 1 amide bonds. The maximum absolute atomic E-state index is 14.1. The number of carbonyl (C=O) groups is 1. The van der Waals surface area contributed by atoms with Gasteiger partial charge in [0.25, 0.3) is 5.91 Å². The SMILES string of the molecule is CNCCOc1cccc(OCC2CCC(C=CN3Cc4ccc(O)c(F)c4C3=O)CC2)c1. The van der Waals surface area contributed by atoms with E-state index in [9.17, 15) is 14.3 Å². The van der Waals surface area contributed by atoms with Crippen LogP contribution in [0.2, 0.25) is 0 Å². The molecule has 6 nitrogen and oxygen atoms in total. The number of likely N-dealkylation sites (N-methyl/N-ethyl adjacent to an activating group) is 1. The van der Waals surface area contributed by atoms with Gasteiger partial charge in [0.2, 0.25) is 0 Å². The number of rotatable bonds is 9. The van der Waals surface area contributed by atoms with Gasteiger partial charge in [0.15, 0.2) is 11.6 Å². The van der Waals surface area contributed by atoms with Gasteiger partial charge in [-0.15, -0.1) is 0 Å². The lowest BCUT2D eigenvalue weighted by molar-refractivity contribution is 0.0837. The van der Waals surface area contributed by atoms with Crippen LogP contribution in [0.25, 0.3) is 0 Å². The second-order valence-corrected chi connectivity index (χ2v) is 8.73. The van der Waals surface area contributed by atoms with Gasteiger partial charge < -0.3 is 24.8 Å². The second-order valence-electron chi connectivity index (χ2n) is 8.73. The molecular weight excluding hydrogens is 423 g/mol. The highest BCUT2D eigenvalue weighted by Crippen LogP contribution is 2.33. The molecule has 0 unspecified atom stereocenters. The molecular formula is C26H31FN2O4. The van der Waals surface area contributed by atoms with Crippen molar-refractivity contribution in [3.8, 4) is 17.2 Å². The Morgan fingerprint density at radius 2 is 1.91 bits per heavy atom. The molecule has 4 rings (SSSR count). The zero-order valence-electron chi connectivity index (χ0n) is 18.9. The number of hydrogen-bond acceptors (Lipinski definition) is 5. The minimum atomic E-state index is -0.830. The van der Waals surface area contributed by atoms with E-state index >= 15 is 0 Å². The van der Waals surface area contributed by atoms with E-state index in [2.05, 4.69) is 11.4 Å². The molecule has 2 N–H and O–H groups in total. The van der Waals surface area contributed by atoms with Crippen LogP contribution in [0, 0.1) is 17.7 Å². The molecule has 33 heavy (non-hydrogen) atoms. The average molecular weight is 455 g/mol. The molecule has 0 aromatic heterocycles. The number of nitrogens with zero attached hydrogens (tertiary/aromatic N) is 1. The van der Waals surface area contributed by atoms with Crippen LogP contribution in [0.15, 0.2) is 48.7 Å². The van der Waals surface area contributed by atoms with Gasteiger partial charge in [-0.1, -0.05) is 18.2 Å². The highest BCUT2D eigenvalue weighted by molar-refractivity contribution is 5.99. The molecule has 2 aromatic carbocycles. The lowest BCUT2D eigenvalue weighted by Gasteiger charge is -2.27. The van der Waals surface area contributed by atoms with E-state index in [1.165, 1.54) is 11.0 Å². The van der Waals surface area contributed by atoms with Crippen LogP contribution in [0.4, 0.5) is 4.39 Å². The fourth-order valence-electron chi connectivity index (χ4n) is 4.40. The highest BCUT2D eigenvalue weighted by atomic mass is 19.1. The summed E-state index contributed by atoms with van der Waals surface area (Å²) in [6.07, 6.45) is 8.02. The van der Waals surface area contributed by atoms with Crippen LogP contribution in [0.3, 0.4) is 0 Å². The third kappa shape index (κ3) is 5.66. The zero-order chi connectivity index (χ0) is 23.2. The summed E-state index contributed by atoms with van der Waals surface area (Å²) in [5.41, 5.74) is 0.592. The van der Waals surface area contributed by atoms with Crippen molar-refractivity contribution < 1.29 is 23.8 Å². The van der Waals surface area contributed by atoms with E-state index in [1.807, 2.05) is 31.3 Å². The number of carbonyl (C=O) groups excluding carboxylic acids is 1. The van der Waals surface area contributed by atoms with Gasteiger partial charge in [-0.25, -0.2) is 4.39 Å². The van der Waals surface area contributed by atoms with E-state index in [0.29, 0.717) is 37.2 Å². The lowest BCUT2D eigenvalue weighted by Crippen LogP contribution is -2.21. The normalized spacial score (nSPS) is 20.3. The number of halogens is 1. The Hall–Kier alpha value is -3.06. The topological polar surface area (TPSA) is 71.0 Å². The minimum Gasteiger partial charge on any atom is -0.505 e. The molecule has 0 spiro atoms. The molecule has 0 atom stereocenters. The number of aromatic hydroxyl groups is 1. The van der Waals surface area contributed by atoms with Crippen LogP contribution >= 0.6 is 0 Å². The number of fused-ring (bicyclic) bond motifs is 1. The predicted octanol–water partition coefficient (Wildman–Crippen LogP) is 4.48. The first-order valence-electron chi connectivity index (χ1n) is 11.5. The number of phenols is 1. The van der Waals surface area contributed by atoms with E-state index in [1.54, 1.807) is 12.3 Å². The van der Waals surface area contributed by atoms with E-state index in [-0.39, 0.29) is 5.56 Å². The van der Waals surface area contributed by atoms with Gasteiger partial charge >= 0.3 is 0 Å². The summed E-state index contributed by atoms with van der Waals surface area (Å²) in [7, 11) is 1.89. The third-order valence-corrected chi connectivity index (χ3v) is 6.36. The number of hydrogen-bond donors (Lipinski definition) is 2. The summed E-state index contributed by atoms with van der Waals surface area (Å²) in [4.78, 5) is 14.0. The Balaban J connectivity index is 1.22. The number of phenolic OH excluding ortho intramolecular Hbond substituents is 1.